The molecule has 0 radical (unpaired) electrons. The molecule has 0 aliphatic rings. The summed E-state index contributed by atoms with van der Waals surface area (Å²) in [5, 5.41) is 2.63. The second-order valence-electron chi connectivity index (χ2n) is 5.93. The number of amides is 1. The molecule has 2 rings (SSSR count). The number of carbonyl (C=O) groups excluding carboxylic acids is 1. The van der Waals surface area contributed by atoms with E-state index in [9.17, 15) is 13.2 Å². The second-order valence-corrected chi connectivity index (χ2v) is 7.58. The van der Waals surface area contributed by atoms with Gasteiger partial charge in [0.25, 0.3) is 10.0 Å². The van der Waals surface area contributed by atoms with E-state index in [1.54, 1.807) is 36.4 Å². The smallest absolute Gasteiger partial charge is 0.265 e. The van der Waals surface area contributed by atoms with Crippen molar-refractivity contribution >= 4 is 27.3 Å². The molecule has 25 heavy (non-hydrogen) atoms. The SMILES string of the molecule is COc1ccc(C(C)C)cc1S(=O)(=O)Nc1ccc(NC(C)=O)cc1. The summed E-state index contributed by atoms with van der Waals surface area (Å²) < 4.78 is 33.3. The summed E-state index contributed by atoms with van der Waals surface area (Å²) in [4.78, 5) is 11.1. The Morgan fingerprint density at radius 2 is 1.64 bits per heavy atom. The van der Waals surface area contributed by atoms with Crippen molar-refractivity contribution in [2.24, 2.45) is 0 Å². The average molecular weight is 362 g/mol. The standard InChI is InChI=1S/C18H22N2O4S/c1-12(2)14-5-10-17(24-4)18(11-14)25(22,23)20-16-8-6-15(7-9-16)19-13(3)21/h5-12,20H,1-4H3,(H,19,21). The highest BCUT2D eigenvalue weighted by atomic mass is 32.2. The first-order valence-electron chi connectivity index (χ1n) is 7.81. The topological polar surface area (TPSA) is 84.5 Å². The summed E-state index contributed by atoms with van der Waals surface area (Å²) in [7, 11) is -2.37. The van der Waals surface area contributed by atoms with Crippen molar-refractivity contribution in [1.82, 2.24) is 0 Å². The zero-order valence-corrected chi connectivity index (χ0v) is 15.5. The normalized spacial score (nSPS) is 11.2. The average Bonchev–Trinajstić information content (AvgIpc) is 2.55. The van der Waals surface area contributed by atoms with E-state index in [0.29, 0.717) is 11.4 Å². The van der Waals surface area contributed by atoms with E-state index in [1.807, 2.05) is 19.9 Å². The third kappa shape index (κ3) is 4.73. The van der Waals surface area contributed by atoms with Gasteiger partial charge in [0.1, 0.15) is 10.6 Å². The maximum absolute atomic E-state index is 12.8. The fourth-order valence-corrected chi connectivity index (χ4v) is 3.56. The Labute approximate surface area is 148 Å². The number of hydrogen-bond acceptors (Lipinski definition) is 4. The number of benzene rings is 2. The molecule has 2 N–H and O–H groups in total. The molecule has 0 aromatic heterocycles. The van der Waals surface area contributed by atoms with Gasteiger partial charge in [-0.3, -0.25) is 9.52 Å². The maximum Gasteiger partial charge on any atom is 0.265 e. The Hall–Kier alpha value is -2.54. The van der Waals surface area contributed by atoms with E-state index < -0.39 is 10.0 Å². The van der Waals surface area contributed by atoms with E-state index in [-0.39, 0.29) is 22.5 Å². The van der Waals surface area contributed by atoms with Crippen LogP contribution < -0.4 is 14.8 Å². The minimum atomic E-state index is -3.81. The lowest BCUT2D eigenvalue weighted by atomic mass is 10.0. The molecular formula is C18H22N2O4S. The summed E-state index contributed by atoms with van der Waals surface area (Å²) in [6, 6.07) is 11.6. The molecular weight excluding hydrogens is 340 g/mol. The molecule has 0 unspecified atom stereocenters. The molecule has 2 aromatic rings. The van der Waals surface area contributed by atoms with Crippen molar-refractivity contribution in [2.45, 2.75) is 31.6 Å². The van der Waals surface area contributed by atoms with Crippen molar-refractivity contribution in [3.05, 3.63) is 48.0 Å². The van der Waals surface area contributed by atoms with Crippen molar-refractivity contribution in [3.8, 4) is 5.75 Å². The molecule has 0 bridgehead atoms. The Morgan fingerprint density at radius 3 is 2.16 bits per heavy atom. The molecule has 7 heteroatoms. The number of anilines is 2. The highest BCUT2D eigenvalue weighted by Gasteiger charge is 2.21. The van der Waals surface area contributed by atoms with E-state index in [0.717, 1.165) is 5.56 Å². The quantitative estimate of drug-likeness (QED) is 0.823. The van der Waals surface area contributed by atoms with Crippen LogP contribution in [-0.4, -0.2) is 21.4 Å². The van der Waals surface area contributed by atoms with Gasteiger partial charge in [-0.15, -0.1) is 0 Å². The number of carbonyl (C=O) groups is 1. The fourth-order valence-electron chi connectivity index (χ4n) is 2.30. The Balaban J connectivity index is 2.32. The van der Waals surface area contributed by atoms with Crippen LogP contribution in [0.1, 0.15) is 32.3 Å². The van der Waals surface area contributed by atoms with Crippen LogP contribution in [0.3, 0.4) is 0 Å². The molecule has 0 aliphatic heterocycles. The van der Waals surface area contributed by atoms with E-state index in [4.69, 9.17) is 4.74 Å². The summed E-state index contributed by atoms with van der Waals surface area (Å²) in [6.07, 6.45) is 0. The van der Waals surface area contributed by atoms with Crippen LogP contribution in [0.5, 0.6) is 5.75 Å². The molecule has 134 valence electrons. The van der Waals surface area contributed by atoms with Gasteiger partial charge >= 0.3 is 0 Å². The maximum atomic E-state index is 12.8. The van der Waals surface area contributed by atoms with E-state index in [2.05, 4.69) is 10.0 Å². The van der Waals surface area contributed by atoms with Gasteiger partial charge < -0.3 is 10.1 Å². The van der Waals surface area contributed by atoms with Crippen LogP contribution >= 0.6 is 0 Å². The van der Waals surface area contributed by atoms with Crippen LogP contribution in [0.4, 0.5) is 11.4 Å². The van der Waals surface area contributed by atoms with Gasteiger partial charge in [-0.05, 0) is 47.9 Å². The van der Waals surface area contributed by atoms with Crippen molar-refractivity contribution in [3.63, 3.8) is 0 Å². The number of methoxy groups -OCH3 is 1. The van der Waals surface area contributed by atoms with Crippen LogP contribution in [0.25, 0.3) is 0 Å². The first-order chi connectivity index (χ1) is 11.7. The number of hydrogen-bond donors (Lipinski definition) is 2. The molecule has 0 spiro atoms. The van der Waals surface area contributed by atoms with Gasteiger partial charge in [-0.25, -0.2) is 8.42 Å². The lowest BCUT2D eigenvalue weighted by molar-refractivity contribution is -0.114. The van der Waals surface area contributed by atoms with Gasteiger partial charge in [0, 0.05) is 18.3 Å². The lowest BCUT2D eigenvalue weighted by Gasteiger charge is -2.14. The molecule has 0 aliphatic carbocycles. The van der Waals surface area contributed by atoms with Gasteiger partial charge in [0.05, 0.1) is 7.11 Å². The van der Waals surface area contributed by atoms with Crippen LogP contribution in [0, 0.1) is 0 Å². The summed E-state index contributed by atoms with van der Waals surface area (Å²) >= 11 is 0. The minimum absolute atomic E-state index is 0.0899. The molecule has 2 aromatic carbocycles. The largest absolute Gasteiger partial charge is 0.495 e. The molecule has 0 saturated heterocycles. The molecule has 0 atom stereocenters. The lowest BCUT2D eigenvalue weighted by Crippen LogP contribution is -2.14. The molecule has 0 fully saturated rings. The highest BCUT2D eigenvalue weighted by Crippen LogP contribution is 2.29. The minimum Gasteiger partial charge on any atom is -0.495 e. The molecule has 1 amide bonds. The first-order valence-corrected chi connectivity index (χ1v) is 9.29. The van der Waals surface area contributed by atoms with Crippen LogP contribution in [-0.2, 0) is 14.8 Å². The monoisotopic (exact) mass is 362 g/mol. The van der Waals surface area contributed by atoms with Crippen LogP contribution in [0.15, 0.2) is 47.4 Å². The van der Waals surface area contributed by atoms with Crippen molar-refractivity contribution in [1.29, 1.82) is 0 Å². The van der Waals surface area contributed by atoms with Crippen LogP contribution in [0.2, 0.25) is 0 Å². The van der Waals surface area contributed by atoms with E-state index >= 15 is 0 Å². The number of rotatable bonds is 6. The summed E-state index contributed by atoms with van der Waals surface area (Å²) in [5.74, 6) is 0.284. The summed E-state index contributed by atoms with van der Waals surface area (Å²) in [6.45, 7) is 5.39. The Kier molecular flexibility index (Phi) is 5.69. The summed E-state index contributed by atoms with van der Waals surface area (Å²) in [5.41, 5.74) is 1.89. The third-order valence-electron chi connectivity index (χ3n) is 3.60. The number of sulfonamides is 1. The van der Waals surface area contributed by atoms with Gasteiger partial charge in [-0.1, -0.05) is 19.9 Å². The Bertz CT molecular complexity index is 859. The predicted molar refractivity (Wildman–Crippen MR) is 98.6 cm³/mol. The predicted octanol–water partition coefficient (Wildman–Crippen LogP) is 3.58. The number of nitrogens with one attached hydrogen (secondary N) is 2. The fraction of sp³-hybridized carbons (Fsp3) is 0.278. The zero-order chi connectivity index (χ0) is 18.6. The third-order valence-corrected chi connectivity index (χ3v) is 5.00. The molecule has 0 heterocycles. The first kappa shape index (κ1) is 18.8. The van der Waals surface area contributed by atoms with Gasteiger partial charge in [0.2, 0.25) is 5.91 Å². The van der Waals surface area contributed by atoms with Crippen molar-refractivity contribution in [2.75, 3.05) is 17.1 Å². The van der Waals surface area contributed by atoms with Gasteiger partial charge in [-0.2, -0.15) is 0 Å². The molecule has 0 saturated carbocycles. The van der Waals surface area contributed by atoms with Crippen molar-refractivity contribution < 1.29 is 17.9 Å². The zero-order valence-electron chi connectivity index (χ0n) is 14.7. The van der Waals surface area contributed by atoms with E-state index in [1.165, 1.54) is 14.0 Å². The number of ether oxygens (including phenoxy) is 1. The second kappa shape index (κ2) is 7.57. The molecule has 6 nitrogen and oxygen atoms in total. The Morgan fingerprint density at radius 1 is 1.04 bits per heavy atom. The highest BCUT2D eigenvalue weighted by molar-refractivity contribution is 7.92. The van der Waals surface area contributed by atoms with Gasteiger partial charge in [0.15, 0.2) is 0 Å².